The Bertz CT molecular complexity index is 356. The zero-order valence-corrected chi connectivity index (χ0v) is 11.8. The van der Waals surface area contributed by atoms with Crippen molar-refractivity contribution in [2.45, 2.75) is 32.6 Å². The van der Waals surface area contributed by atoms with Crippen molar-refractivity contribution in [3.63, 3.8) is 0 Å². The molecule has 0 bridgehead atoms. The molecule has 0 heterocycles. The van der Waals surface area contributed by atoms with E-state index in [1.165, 1.54) is 43.5 Å². The predicted octanol–water partition coefficient (Wildman–Crippen LogP) is 3.53. The van der Waals surface area contributed by atoms with E-state index in [1.54, 1.807) is 0 Å². The maximum atomic E-state index is 3.50. The van der Waals surface area contributed by atoms with Gasteiger partial charge >= 0.3 is 0 Å². The SMILES string of the molecule is Cc1cccc(NCCN(C)CC2CCCC2)c1. The summed E-state index contributed by atoms with van der Waals surface area (Å²) in [6, 6.07) is 8.60. The summed E-state index contributed by atoms with van der Waals surface area (Å²) in [4.78, 5) is 2.47. The highest BCUT2D eigenvalue weighted by Crippen LogP contribution is 2.24. The molecule has 0 amide bonds. The van der Waals surface area contributed by atoms with Crippen LogP contribution in [0.25, 0.3) is 0 Å². The Morgan fingerprint density at radius 1 is 1.28 bits per heavy atom. The largest absolute Gasteiger partial charge is 0.384 e. The molecule has 1 N–H and O–H groups in total. The van der Waals surface area contributed by atoms with Crippen molar-refractivity contribution in [1.82, 2.24) is 4.90 Å². The highest BCUT2D eigenvalue weighted by atomic mass is 15.1. The number of hydrogen-bond donors (Lipinski definition) is 1. The summed E-state index contributed by atoms with van der Waals surface area (Å²) in [7, 11) is 2.25. The Kier molecular flexibility index (Phi) is 5.06. The third-order valence-electron chi connectivity index (χ3n) is 3.89. The smallest absolute Gasteiger partial charge is 0.0343 e. The Morgan fingerprint density at radius 2 is 2.06 bits per heavy atom. The lowest BCUT2D eigenvalue weighted by atomic mass is 10.1. The standard InChI is InChI=1S/C16H26N2/c1-14-6-5-9-16(12-14)17-10-11-18(2)13-15-7-3-4-8-15/h5-6,9,12,15,17H,3-4,7-8,10-11,13H2,1-2H3. The third-order valence-corrected chi connectivity index (χ3v) is 3.89. The number of anilines is 1. The van der Waals surface area contributed by atoms with Gasteiger partial charge in [-0.3, -0.25) is 0 Å². The van der Waals surface area contributed by atoms with E-state index in [-0.39, 0.29) is 0 Å². The fraction of sp³-hybridized carbons (Fsp3) is 0.625. The summed E-state index contributed by atoms with van der Waals surface area (Å²) in [5, 5.41) is 3.50. The molecule has 18 heavy (non-hydrogen) atoms. The molecule has 0 saturated heterocycles. The van der Waals surface area contributed by atoms with E-state index >= 15 is 0 Å². The van der Waals surface area contributed by atoms with Gasteiger partial charge in [0.25, 0.3) is 0 Å². The van der Waals surface area contributed by atoms with Crippen molar-refractivity contribution in [3.8, 4) is 0 Å². The fourth-order valence-corrected chi connectivity index (χ4v) is 2.87. The molecule has 100 valence electrons. The second kappa shape index (κ2) is 6.79. The van der Waals surface area contributed by atoms with Crippen LogP contribution in [0.5, 0.6) is 0 Å². The molecule has 2 rings (SSSR count). The van der Waals surface area contributed by atoms with Gasteiger partial charge in [0.15, 0.2) is 0 Å². The van der Waals surface area contributed by atoms with Crippen LogP contribution in [0.3, 0.4) is 0 Å². The summed E-state index contributed by atoms with van der Waals surface area (Å²) in [5.74, 6) is 0.953. The van der Waals surface area contributed by atoms with E-state index in [0.29, 0.717) is 0 Å². The molecule has 0 atom stereocenters. The number of nitrogens with zero attached hydrogens (tertiary/aromatic N) is 1. The number of rotatable bonds is 6. The lowest BCUT2D eigenvalue weighted by molar-refractivity contribution is 0.287. The van der Waals surface area contributed by atoms with Gasteiger partial charge in [-0.05, 0) is 50.4 Å². The average molecular weight is 246 g/mol. The van der Waals surface area contributed by atoms with Gasteiger partial charge in [-0.1, -0.05) is 25.0 Å². The molecule has 0 aromatic heterocycles. The maximum Gasteiger partial charge on any atom is 0.0343 e. The lowest BCUT2D eigenvalue weighted by Crippen LogP contribution is -2.29. The van der Waals surface area contributed by atoms with E-state index in [0.717, 1.165) is 19.0 Å². The maximum absolute atomic E-state index is 3.50. The fourth-order valence-electron chi connectivity index (χ4n) is 2.87. The van der Waals surface area contributed by atoms with E-state index < -0.39 is 0 Å². The Hall–Kier alpha value is -1.02. The molecule has 1 aromatic carbocycles. The van der Waals surface area contributed by atoms with Crippen LogP contribution >= 0.6 is 0 Å². The predicted molar refractivity (Wildman–Crippen MR) is 79.1 cm³/mol. The molecule has 1 aliphatic rings. The summed E-state index contributed by atoms with van der Waals surface area (Å²) in [6.45, 7) is 5.57. The highest BCUT2D eigenvalue weighted by Gasteiger charge is 2.16. The average Bonchev–Trinajstić information content (AvgIpc) is 2.82. The minimum absolute atomic E-state index is 0.953. The molecule has 1 fully saturated rings. The first-order valence-electron chi connectivity index (χ1n) is 7.23. The molecule has 0 unspecified atom stereocenters. The van der Waals surface area contributed by atoms with Gasteiger partial charge in [-0.25, -0.2) is 0 Å². The van der Waals surface area contributed by atoms with Crippen LogP contribution in [0.2, 0.25) is 0 Å². The number of likely N-dealkylation sites (N-methyl/N-ethyl adjacent to an activating group) is 1. The molecule has 2 heteroatoms. The monoisotopic (exact) mass is 246 g/mol. The summed E-state index contributed by atoms with van der Waals surface area (Å²) in [6.07, 6.45) is 5.77. The van der Waals surface area contributed by atoms with Crippen LogP contribution in [0, 0.1) is 12.8 Å². The minimum atomic E-state index is 0.953. The van der Waals surface area contributed by atoms with Crippen LogP contribution in [-0.4, -0.2) is 31.6 Å². The third kappa shape index (κ3) is 4.34. The van der Waals surface area contributed by atoms with E-state index in [2.05, 4.69) is 48.5 Å². The Morgan fingerprint density at radius 3 is 2.78 bits per heavy atom. The van der Waals surface area contributed by atoms with Gasteiger partial charge < -0.3 is 10.2 Å². The number of nitrogens with one attached hydrogen (secondary N) is 1. The molecule has 1 aromatic rings. The Balaban J connectivity index is 1.65. The van der Waals surface area contributed by atoms with Crippen molar-refractivity contribution in [2.75, 3.05) is 32.0 Å². The summed E-state index contributed by atoms with van der Waals surface area (Å²) < 4.78 is 0. The van der Waals surface area contributed by atoms with Crippen molar-refractivity contribution < 1.29 is 0 Å². The molecule has 2 nitrogen and oxygen atoms in total. The Labute approximate surface area is 111 Å². The first kappa shape index (κ1) is 13.4. The van der Waals surface area contributed by atoms with Gasteiger partial charge in [0.1, 0.15) is 0 Å². The van der Waals surface area contributed by atoms with Gasteiger partial charge in [0.2, 0.25) is 0 Å². The molecule has 0 spiro atoms. The van der Waals surface area contributed by atoms with Crippen LogP contribution in [-0.2, 0) is 0 Å². The first-order chi connectivity index (χ1) is 8.74. The molecule has 1 saturated carbocycles. The molecule has 1 aliphatic carbocycles. The van der Waals surface area contributed by atoms with E-state index in [4.69, 9.17) is 0 Å². The number of benzene rings is 1. The topological polar surface area (TPSA) is 15.3 Å². The van der Waals surface area contributed by atoms with Crippen LogP contribution in [0.15, 0.2) is 24.3 Å². The van der Waals surface area contributed by atoms with E-state index in [9.17, 15) is 0 Å². The van der Waals surface area contributed by atoms with Crippen LogP contribution in [0.4, 0.5) is 5.69 Å². The second-order valence-electron chi connectivity index (χ2n) is 5.71. The zero-order chi connectivity index (χ0) is 12.8. The lowest BCUT2D eigenvalue weighted by Gasteiger charge is -2.21. The highest BCUT2D eigenvalue weighted by molar-refractivity contribution is 5.45. The van der Waals surface area contributed by atoms with Gasteiger partial charge in [-0.2, -0.15) is 0 Å². The zero-order valence-electron chi connectivity index (χ0n) is 11.8. The molecular weight excluding hydrogens is 220 g/mol. The number of aryl methyl sites for hydroxylation is 1. The van der Waals surface area contributed by atoms with Gasteiger partial charge in [0.05, 0.1) is 0 Å². The second-order valence-corrected chi connectivity index (χ2v) is 5.71. The quantitative estimate of drug-likeness (QED) is 0.826. The van der Waals surface area contributed by atoms with Crippen LogP contribution < -0.4 is 5.32 Å². The van der Waals surface area contributed by atoms with Crippen molar-refractivity contribution in [1.29, 1.82) is 0 Å². The van der Waals surface area contributed by atoms with Crippen molar-refractivity contribution in [2.24, 2.45) is 5.92 Å². The first-order valence-corrected chi connectivity index (χ1v) is 7.23. The van der Waals surface area contributed by atoms with Crippen molar-refractivity contribution in [3.05, 3.63) is 29.8 Å². The summed E-state index contributed by atoms with van der Waals surface area (Å²) >= 11 is 0. The van der Waals surface area contributed by atoms with Gasteiger partial charge in [0, 0.05) is 25.3 Å². The molecule has 0 aliphatic heterocycles. The normalized spacial score (nSPS) is 16.4. The number of hydrogen-bond acceptors (Lipinski definition) is 2. The minimum Gasteiger partial charge on any atom is -0.384 e. The molecular formula is C16H26N2. The van der Waals surface area contributed by atoms with Crippen LogP contribution in [0.1, 0.15) is 31.2 Å². The molecule has 0 radical (unpaired) electrons. The van der Waals surface area contributed by atoms with E-state index in [1.807, 2.05) is 0 Å². The van der Waals surface area contributed by atoms with Gasteiger partial charge in [-0.15, -0.1) is 0 Å². The summed E-state index contributed by atoms with van der Waals surface area (Å²) in [5.41, 5.74) is 2.56. The van der Waals surface area contributed by atoms with Crippen molar-refractivity contribution >= 4 is 5.69 Å².